The van der Waals surface area contributed by atoms with E-state index in [2.05, 4.69) is 0 Å². The maximum atomic E-state index is 11.4. The summed E-state index contributed by atoms with van der Waals surface area (Å²) < 4.78 is 24.7. The van der Waals surface area contributed by atoms with Crippen molar-refractivity contribution in [3.05, 3.63) is 89.4 Å². The van der Waals surface area contributed by atoms with Crippen molar-refractivity contribution in [1.82, 2.24) is 14.9 Å². The van der Waals surface area contributed by atoms with Crippen molar-refractivity contribution in [2.45, 2.75) is 11.8 Å². The topological polar surface area (TPSA) is 75.8 Å². The van der Waals surface area contributed by atoms with Crippen LogP contribution in [0.3, 0.4) is 0 Å². The first-order chi connectivity index (χ1) is 13.8. The maximum Gasteiger partial charge on any atom is 0.254 e. The van der Waals surface area contributed by atoms with E-state index in [-0.39, 0.29) is 4.90 Å². The van der Waals surface area contributed by atoms with Crippen LogP contribution in [-0.4, -0.2) is 18.2 Å². The molecule has 29 heavy (non-hydrogen) atoms. The minimum Gasteiger partial charge on any atom is -0.232 e. The lowest BCUT2D eigenvalue weighted by Gasteiger charge is -2.08. The Balaban J connectivity index is 1.86. The smallest absolute Gasteiger partial charge is 0.232 e. The SMILES string of the molecule is Cc1ccc(-c2cc(-c3ccc(Cl)cc3)n(-c3ccc(S([NH])(=O)=O)cc3)n2)cc1. The summed E-state index contributed by atoms with van der Waals surface area (Å²) in [6.45, 7) is 2.03. The van der Waals surface area contributed by atoms with Crippen molar-refractivity contribution < 1.29 is 8.42 Å². The third kappa shape index (κ3) is 4.10. The molecule has 145 valence electrons. The molecule has 0 atom stereocenters. The summed E-state index contributed by atoms with van der Waals surface area (Å²) in [5, 5.41) is 12.6. The molecule has 0 saturated carbocycles. The Labute approximate surface area is 174 Å². The molecule has 0 spiro atoms. The quantitative estimate of drug-likeness (QED) is 0.457. The average molecular weight is 423 g/mol. The molecule has 0 aliphatic heterocycles. The van der Waals surface area contributed by atoms with Gasteiger partial charge in [-0.15, -0.1) is 5.14 Å². The van der Waals surface area contributed by atoms with Gasteiger partial charge in [0.1, 0.15) is 0 Å². The van der Waals surface area contributed by atoms with Crippen LogP contribution in [0.1, 0.15) is 5.56 Å². The summed E-state index contributed by atoms with van der Waals surface area (Å²) in [6, 6.07) is 23.7. The van der Waals surface area contributed by atoms with Gasteiger partial charge in [0.25, 0.3) is 10.0 Å². The average Bonchev–Trinajstić information content (AvgIpc) is 3.14. The minimum absolute atomic E-state index is 0.0554. The Bertz CT molecular complexity index is 1260. The number of nitrogens with zero attached hydrogens (tertiary/aromatic N) is 2. The fourth-order valence-electron chi connectivity index (χ4n) is 3.04. The van der Waals surface area contributed by atoms with Gasteiger partial charge in [-0.05, 0) is 49.4 Å². The van der Waals surface area contributed by atoms with Gasteiger partial charge >= 0.3 is 0 Å². The summed E-state index contributed by atoms with van der Waals surface area (Å²) in [4.78, 5) is -0.0554. The summed E-state index contributed by atoms with van der Waals surface area (Å²) >= 11 is 6.03. The summed E-state index contributed by atoms with van der Waals surface area (Å²) in [7, 11) is -4.01. The maximum absolute atomic E-state index is 11.4. The zero-order valence-electron chi connectivity index (χ0n) is 15.5. The molecule has 0 bridgehead atoms. The number of benzene rings is 3. The summed E-state index contributed by atoms with van der Waals surface area (Å²) in [6.07, 6.45) is 0. The van der Waals surface area contributed by atoms with Crippen LogP contribution in [0.5, 0.6) is 0 Å². The van der Waals surface area contributed by atoms with E-state index < -0.39 is 10.0 Å². The van der Waals surface area contributed by atoms with Gasteiger partial charge in [0.15, 0.2) is 0 Å². The first-order valence-corrected chi connectivity index (χ1v) is 10.7. The first kappa shape index (κ1) is 19.4. The zero-order valence-corrected chi connectivity index (χ0v) is 17.1. The van der Waals surface area contributed by atoms with E-state index in [0.29, 0.717) is 10.7 Å². The highest BCUT2D eigenvalue weighted by molar-refractivity contribution is 7.88. The van der Waals surface area contributed by atoms with Gasteiger partial charge in [0.2, 0.25) is 0 Å². The summed E-state index contributed by atoms with van der Waals surface area (Å²) in [5.41, 5.74) is 5.41. The number of sulfonamides is 1. The number of aromatic nitrogens is 2. The molecular formula is C22H17ClN3O2S. The Hall–Kier alpha value is -2.93. The second-order valence-corrected chi connectivity index (χ2v) is 8.61. The first-order valence-electron chi connectivity index (χ1n) is 8.84. The third-order valence-electron chi connectivity index (χ3n) is 4.59. The molecule has 0 aliphatic rings. The highest BCUT2D eigenvalue weighted by atomic mass is 35.5. The van der Waals surface area contributed by atoms with E-state index in [1.807, 2.05) is 61.5 Å². The molecule has 4 rings (SSSR count). The van der Waals surface area contributed by atoms with E-state index in [0.717, 1.165) is 22.5 Å². The lowest BCUT2D eigenvalue weighted by atomic mass is 10.1. The molecule has 1 aromatic heterocycles. The van der Waals surface area contributed by atoms with Gasteiger partial charge in [-0.25, -0.2) is 13.1 Å². The molecular weight excluding hydrogens is 406 g/mol. The van der Waals surface area contributed by atoms with E-state index in [4.69, 9.17) is 21.8 Å². The highest BCUT2D eigenvalue weighted by Gasteiger charge is 2.15. The van der Waals surface area contributed by atoms with Crippen LogP contribution in [-0.2, 0) is 10.0 Å². The largest absolute Gasteiger partial charge is 0.254 e. The molecule has 4 aromatic rings. The Morgan fingerprint density at radius 1 is 0.862 bits per heavy atom. The fourth-order valence-corrected chi connectivity index (χ4v) is 3.66. The van der Waals surface area contributed by atoms with Crippen LogP contribution in [0.15, 0.2) is 83.8 Å². The molecule has 3 aromatic carbocycles. The van der Waals surface area contributed by atoms with Crippen molar-refractivity contribution in [2.24, 2.45) is 0 Å². The number of hydrogen-bond donors (Lipinski definition) is 0. The van der Waals surface area contributed by atoms with Gasteiger partial charge in [0, 0.05) is 16.1 Å². The van der Waals surface area contributed by atoms with Crippen LogP contribution in [0, 0.1) is 6.92 Å². The second-order valence-electron chi connectivity index (χ2n) is 6.70. The van der Waals surface area contributed by atoms with E-state index >= 15 is 0 Å². The number of halogens is 1. The highest BCUT2D eigenvalue weighted by Crippen LogP contribution is 2.30. The Morgan fingerprint density at radius 3 is 2.03 bits per heavy atom. The predicted octanol–water partition coefficient (Wildman–Crippen LogP) is 5.14. The van der Waals surface area contributed by atoms with Gasteiger partial charge in [0.05, 0.1) is 22.0 Å². The number of aryl methyl sites for hydroxylation is 1. The van der Waals surface area contributed by atoms with Crippen LogP contribution in [0.4, 0.5) is 0 Å². The van der Waals surface area contributed by atoms with Gasteiger partial charge < -0.3 is 0 Å². The van der Waals surface area contributed by atoms with Crippen molar-refractivity contribution in [3.63, 3.8) is 0 Å². The van der Waals surface area contributed by atoms with Crippen LogP contribution in [0.25, 0.3) is 28.2 Å². The van der Waals surface area contributed by atoms with Crippen molar-refractivity contribution in [1.29, 1.82) is 0 Å². The van der Waals surface area contributed by atoms with Crippen LogP contribution >= 0.6 is 11.6 Å². The fraction of sp³-hybridized carbons (Fsp3) is 0.0455. The van der Waals surface area contributed by atoms with E-state index in [1.165, 1.54) is 17.7 Å². The van der Waals surface area contributed by atoms with Crippen LogP contribution in [0.2, 0.25) is 5.02 Å². The Kier molecular flexibility index (Phi) is 5.00. The normalized spacial score (nSPS) is 11.6. The molecule has 1 radical (unpaired) electrons. The lowest BCUT2D eigenvalue weighted by Crippen LogP contribution is -2.03. The predicted molar refractivity (Wildman–Crippen MR) is 114 cm³/mol. The van der Waals surface area contributed by atoms with Crippen LogP contribution < -0.4 is 5.14 Å². The number of rotatable bonds is 4. The molecule has 5 nitrogen and oxygen atoms in total. The molecule has 1 heterocycles. The third-order valence-corrected chi connectivity index (χ3v) is 5.73. The second kappa shape index (κ2) is 7.48. The number of hydrogen-bond acceptors (Lipinski definition) is 3. The van der Waals surface area contributed by atoms with Crippen molar-refractivity contribution in [2.75, 3.05) is 0 Å². The van der Waals surface area contributed by atoms with Gasteiger partial charge in [-0.2, -0.15) is 5.10 Å². The molecule has 1 N–H and O–H groups in total. The molecule has 0 saturated heterocycles. The van der Waals surface area contributed by atoms with E-state index in [1.54, 1.807) is 16.8 Å². The summed E-state index contributed by atoms with van der Waals surface area (Å²) in [5.74, 6) is 0. The number of nitrogens with one attached hydrogen (secondary N) is 1. The zero-order chi connectivity index (χ0) is 20.6. The minimum atomic E-state index is -4.01. The van der Waals surface area contributed by atoms with Gasteiger partial charge in [-0.3, -0.25) is 0 Å². The standard InChI is InChI=1S/C22H17ClN3O2S/c1-15-2-4-16(5-3-15)21-14-22(17-6-8-18(23)9-7-17)26(25-21)19-10-12-20(13-11-19)29(24,27)28/h2-14,24H,1H3. The molecule has 0 amide bonds. The molecule has 0 fully saturated rings. The van der Waals surface area contributed by atoms with Crippen molar-refractivity contribution >= 4 is 21.6 Å². The molecule has 0 unspecified atom stereocenters. The van der Waals surface area contributed by atoms with Gasteiger partial charge in [-0.1, -0.05) is 53.6 Å². The van der Waals surface area contributed by atoms with Crippen molar-refractivity contribution in [3.8, 4) is 28.2 Å². The molecule has 7 heteroatoms. The van der Waals surface area contributed by atoms with E-state index in [9.17, 15) is 8.42 Å². The lowest BCUT2D eigenvalue weighted by molar-refractivity contribution is 0.596. The monoisotopic (exact) mass is 422 g/mol. The Morgan fingerprint density at radius 2 is 1.45 bits per heavy atom. The molecule has 0 aliphatic carbocycles.